The number of hydrogen-bond donors (Lipinski definition) is 2. The first-order valence-electron chi connectivity index (χ1n) is 9.12. The van der Waals surface area contributed by atoms with Crippen molar-refractivity contribution < 1.29 is 18.5 Å². The van der Waals surface area contributed by atoms with Crippen LogP contribution in [0.25, 0.3) is 11.7 Å². The minimum absolute atomic E-state index is 0.0263. The van der Waals surface area contributed by atoms with E-state index in [1.165, 1.54) is 0 Å². The number of aromatic nitrogens is 2. The van der Waals surface area contributed by atoms with Gasteiger partial charge in [-0.15, -0.1) is 10.2 Å². The van der Waals surface area contributed by atoms with Crippen molar-refractivity contribution in [2.45, 2.75) is 33.7 Å². The number of rotatable bonds is 8. The first-order valence-corrected chi connectivity index (χ1v) is 9.12. The Balaban J connectivity index is 1.64. The van der Waals surface area contributed by atoms with E-state index in [0.29, 0.717) is 30.6 Å². The van der Waals surface area contributed by atoms with E-state index >= 15 is 0 Å². The molecule has 2 N–H and O–H groups in total. The number of amides is 1. The van der Waals surface area contributed by atoms with Gasteiger partial charge in [0.05, 0.1) is 12.8 Å². The van der Waals surface area contributed by atoms with Gasteiger partial charge < -0.3 is 19.1 Å². The molecule has 7 heteroatoms. The average molecular weight is 369 g/mol. The Bertz CT molecular complexity index is 866. The zero-order valence-electron chi connectivity index (χ0n) is 15.9. The van der Waals surface area contributed by atoms with E-state index in [1.807, 2.05) is 32.0 Å². The molecule has 142 valence electrons. The second kappa shape index (κ2) is 8.64. The van der Waals surface area contributed by atoms with Crippen LogP contribution < -0.4 is 10.2 Å². The third-order valence-corrected chi connectivity index (χ3v) is 4.36. The zero-order valence-corrected chi connectivity index (χ0v) is 15.9. The lowest BCUT2D eigenvalue weighted by atomic mass is 10.1. The highest BCUT2D eigenvalue weighted by atomic mass is 16.4. The number of nitrogens with one attached hydrogen (secondary N) is 2. The van der Waals surface area contributed by atoms with Crippen molar-refractivity contribution in [1.29, 1.82) is 0 Å². The summed E-state index contributed by atoms with van der Waals surface area (Å²) in [6.07, 6.45) is 2.51. The maximum absolute atomic E-state index is 12.6. The van der Waals surface area contributed by atoms with Crippen LogP contribution in [0.15, 0.2) is 45.4 Å². The molecule has 1 amide bonds. The van der Waals surface area contributed by atoms with Crippen molar-refractivity contribution in [3.05, 3.63) is 53.6 Å². The van der Waals surface area contributed by atoms with Gasteiger partial charge >= 0.3 is 0 Å². The third-order valence-electron chi connectivity index (χ3n) is 4.36. The van der Waals surface area contributed by atoms with E-state index in [9.17, 15) is 4.79 Å². The average Bonchev–Trinajstić information content (AvgIpc) is 3.30. The molecule has 0 spiro atoms. The van der Waals surface area contributed by atoms with Crippen LogP contribution in [-0.4, -0.2) is 29.2 Å². The lowest BCUT2D eigenvalue weighted by Gasteiger charge is -2.17. The largest absolute Gasteiger partial charge is 0.459 e. The summed E-state index contributed by atoms with van der Waals surface area (Å²) in [6.45, 7) is 7.73. The molecule has 3 aromatic rings. The van der Waals surface area contributed by atoms with Gasteiger partial charge in [-0.3, -0.25) is 4.79 Å². The second-order valence-corrected chi connectivity index (χ2v) is 6.65. The molecule has 3 rings (SSSR count). The van der Waals surface area contributed by atoms with E-state index in [-0.39, 0.29) is 5.91 Å². The molecule has 2 heterocycles. The minimum atomic E-state index is -0.0263. The maximum Gasteiger partial charge on any atom is 0.283 e. The summed E-state index contributed by atoms with van der Waals surface area (Å²) in [5.74, 6) is 1.36. The number of carbonyl (C=O) groups is 1. The SMILES string of the molecule is CCC[NH+](CC(=O)Nc1c(C)cccc1C)Cc1nnc(-c2ccco2)o1. The van der Waals surface area contributed by atoms with Crippen molar-refractivity contribution in [3.63, 3.8) is 0 Å². The minimum Gasteiger partial charge on any atom is -0.459 e. The summed E-state index contributed by atoms with van der Waals surface area (Å²) in [6, 6.07) is 9.51. The summed E-state index contributed by atoms with van der Waals surface area (Å²) < 4.78 is 10.9. The Hall–Kier alpha value is -2.93. The first-order chi connectivity index (χ1) is 13.1. The van der Waals surface area contributed by atoms with Crippen molar-refractivity contribution in [3.8, 4) is 11.7 Å². The normalized spacial score (nSPS) is 12.1. The first kappa shape index (κ1) is 18.8. The molecule has 27 heavy (non-hydrogen) atoms. The van der Waals surface area contributed by atoms with Gasteiger partial charge in [0, 0.05) is 5.69 Å². The standard InChI is InChI=1S/C20H24N4O3/c1-4-10-24(12-17(25)21-19-14(2)7-5-8-15(19)3)13-18-22-23-20(27-18)16-9-6-11-26-16/h5-9,11H,4,10,12-13H2,1-3H3,(H,21,25)/p+1. The predicted molar refractivity (Wildman–Crippen MR) is 101 cm³/mol. The van der Waals surface area contributed by atoms with Crippen LogP contribution in [0.5, 0.6) is 0 Å². The molecule has 1 atom stereocenters. The molecule has 0 aliphatic rings. The van der Waals surface area contributed by atoms with Gasteiger partial charge in [0.15, 0.2) is 18.8 Å². The molecular formula is C20H25N4O3+. The van der Waals surface area contributed by atoms with Gasteiger partial charge in [-0.05, 0) is 43.5 Å². The van der Waals surface area contributed by atoms with Crippen molar-refractivity contribution in [1.82, 2.24) is 10.2 Å². The van der Waals surface area contributed by atoms with Gasteiger partial charge in [-0.25, -0.2) is 0 Å². The summed E-state index contributed by atoms with van der Waals surface area (Å²) in [5.41, 5.74) is 3.00. The molecule has 1 aromatic carbocycles. The lowest BCUT2D eigenvalue weighted by Crippen LogP contribution is -3.11. The van der Waals surface area contributed by atoms with Crippen LogP contribution >= 0.6 is 0 Å². The molecule has 7 nitrogen and oxygen atoms in total. The molecular weight excluding hydrogens is 344 g/mol. The molecule has 0 radical (unpaired) electrons. The number of hydrogen-bond acceptors (Lipinski definition) is 5. The Morgan fingerprint density at radius 1 is 1.15 bits per heavy atom. The predicted octanol–water partition coefficient (Wildman–Crippen LogP) is 2.38. The van der Waals surface area contributed by atoms with E-state index in [0.717, 1.165) is 34.7 Å². The summed E-state index contributed by atoms with van der Waals surface area (Å²) in [4.78, 5) is 13.6. The number of furan rings is 1. The number of carbonyl (C=O) groups excluding carboxylic acids is 1. The van der Waals surface area contributed by atoms with E-state index in [4.69, 9.17) is 8.83 Å². The Morgan fingerprint density at radius 3 is 2.59 bits per heavy atom. The molecule has 0 saturated carbocycles. The third kappa shape index (κ3) is 4.83. The highest BCUT2D eigenvalue weighted by Crippen LogP contribution is 2.19. The monoisotopic (exact) mass is 369 g/mol. The van der Waals surface area contributed by atoms with Gasteiger partial charge in [-0.2, -0.15) is 0 Å². The lowest BCUT2D eigenvalue weighted by molar-refractivity contribution is -0.907. The molecule has 0 saturated heterocycles. The summed E-state index contributed by atoms with van der Waals surface area (Å²) in [7, 11) is 0. The topological polar surface area (TPSA) is 85.6 Å². The molecule has 2 aromatic heterocycles. The van der Waals surface area contributed by atoms with E-state index in [1.54, 1.807) is 18.4 Å². The number of benzene rings is 1. The van der Waals surface area contributed by atoms with Crippen LogP contribution in [0.2, 0.25) is 0 Å². The zero-order chi connectivity index (χ0) is 19.2. The van der Waals surface area contributed by atoms with E-state index in [2.05, 4.69) is 22.4 Å². The van der Waals surface area contributed by atoms with Crippen LogP contribution in [-0.2, 0) is 11.3 Å². The maximum atomic E-state index is 12.6. The Morgan fingerprint density at radius 2 is 1.93 bits per heavy atom. The second-order valence-electron chi connectivity index (χ2n) is 6.65. The van der Waals surface area contributed by atoms with Gasteiger partial charge in [0.1, 0.15) is 0 Å². The number of quaternary nitrogens is 1. The summed E-state index contributed by atoms with van der Waals surface area (Å²) in [5, 5.41) is 11.1. The van der Waals surface area contributed by atoms with Crippen LogP contribution in [0.1, 0.15) is 30.4 Å². The number of aryl methyl sites for hydroxylation is 2. The molecule has 0 bridgehead atoms. The van der Waals surface area contributed by atoms with Crippen LogP contribution in [0.3, 0.4) is 0 Å². The van der Waals surface area contributed by atoms with Crippen LogP contribution in [0.4, 0.5) is 5.69 Å². The highest BCUT2D eigenvalue weighted by Gasteiger charge is 2.20. The smallest absolute Gasteiger partial charge is 0.283 e. The van der Waals surface area contributed by atoms with Gasteiger partial charge in [0.2, 0.25) is 0 Å². The fourth-order valence-corrected chi connectivity index (χ4v) is 3.05. The molecule has 1 unspecified atom stereocenters. The van der Waals surface area contributed by atoms with Gasteiger partial charge in [-0.1, -0.05) is 25.1 Å². The van der Waals surface area contributed by atoms with Crippen LogP contribution in [0, 0.1) is 13.8 Å². The fourth-order valence-electron chi connectivity index (χ4n) is 3.05. The summed E-state index contributed by atoms with van der Waals surface area (Å²) >= 11 is 0. The van der Waals surface area contributed by atoms with Crippen molar-refractivity contribution >= 4 is 11.6 Å². The quantitative estimate of drug-likeness (QED) is 0.637. The van der Waals surface area contributed by atoms with Gasteiger partial charge in [0.25, 0.3) is 17.7 Å². The number of anilines is 1. The fraction of sp³-hybridized carbons (Fsp3) is 0.350. The Labute approximate surface area is 158 Å². The van der Waals surface area contributed by atoms with E-state index < -0.39 is 0 Å². The number of para-hydroxylation sites is 1. The van der Waals surface area contributed by atoms with Crippen molar-refractivity contribution in [2.75, 3.05) is 18.4 Å². The molecule has 0 fully saturated rings. The Kier molecular flexibility index (Phi) is 6.03. The van der Waals surface area contributed by atoms with Crippen molar-refractivity contribution in [2.24, 2.45) is 0 Å². The molecule has 0 aliphatic carbocycles. The number of nitrogens with zero attached hydrogens (tertiary/aromatic N) is 2. The highest BCUT2D eigenvalue weighted by molar-refractivity contribution is 5.93. The molecule has 0 aliphatic heterocycles.